The molecule has 5 rings (SSSR count). The summed E-state index contributed by atoms with van der Waals surface area (Å²) in [5.74, 6) is 1.01. The third-order valence-electron chi connectivity index (χ3n) is 5.20. The van der Waals surface area contributed by atoms with Crippen molar-refractivity contribution in [3.05, 3.63) is 58.9 Å². The zero-order chi connectivity index (χ0) is 18.2. The molecule has 0 atom stereocenters. The number of aromatic nitrogens is 1. The van der Waals surface area contributed by atoms with Crippen LogP contribution in [-0.4, -0.2) is 53.3 Å². The summed E-state index contributed by atoms with van der Waals surface area (Å²) in [6, 6.07) is 6.47. The number of hydrogen-bond acceptors (Lipinski definition) is 6. The van der Waals surface area contributed by atoms with Crippen molar-refractivity contribution < 1.29 is 0 Å². The molecule has 3 aliphatic rings. The summed E-state index contributed by atoms with van der Waals surface area (Å²) in [6.07, 6.45) is 9.99. The minimum absolute atomic E-state index is 0.849. The Kier molecular flexibility index (Phi) is 4.30. The molecule has 3 aliphatic heterocycles. The Morgan fingerprint density at radius 2 is 2.11 bits per heavy atom. The molecule has 0 spiro atoms. The van der Waals surface area contributed by atoms with Crippen molar-refractivity contribution in [2.75, 3.05) is 32.7 Å². The zero-order valence-corrected chi connectivity index (χ0v) is 16.3. The van der Waals surface area contributed by atoms with Gasteiger partial charge in [-0.1, -0.05) is 6.07 Å². The molecule has 2 aromatic rings. The average molecular weight is 378 g/mol. The largest absolute Gasteiger partial charge is 0.369 e. The summed E-state index contributed by atoms with van der Waals surface area (Å²) >= 11 is 1.74. The molecule has 138 valence electrons. The van der Waals surface area contributed by atoms with E-state index in [1.165, 1.54) is 16.8 Å². The van der Waals surface area contributed by atoms with Crippen LogP contribution in [0.1, 0.15) is 17.0 Å². The Hall–Kier alpha value is -2.44. The van der Waals surface area contributed by atoms with E-state index in [0.717, 1.165) is 60.3 Å². The maximum absolute atomic E-state index is 4.90. The van der Waals surface area contributed by atoms with Crippen LogP contribution in [-0.2, 0) is 0 Å². The number of benzene rings is 1. The molecule has 1 aromatic heterocycles. The van der Waals surface area contributed by atoms with Gasteiger partial charge in [-0.2, -0.15) is 0 Å². The summed E-state index contributed by atoms with van der Waals surface area (Å²) in [5.41, 5.74) is 4.53. The van der Waals surface area contributed by atoms with Crippen LogP contribution in [0, 0.1) is 6.92 Å². The molecule has 1 saturated heterocycles. The first-order valence-corrected chi connectivity index (χ1v) is 10.4. The fourth-order valence-electron chi connectivity index (χ4n) is 3.80. The van der Waals surface area contributed by atoms with Crippen LogP contribution in [0.2, 0.25) is 0 Å². The number of thiazole rings is 1. The van der Waals surface area contributed by atoms with E-state index in [9.17, 15) is 0 Å². The number of hydrogen-bond donors (Lipinski definition) is 1. The van der Waals surface area contributed by atoms with E-state index >= 15 is 0 Å². The molecule has 1 fully saturated rings. The third-order valence-corrected chi connectivity index (χ3v) is 6.15. The lowest BCUT2D eigenvalue weighted by Gasteiger charge is -2.31. The Bertz CT molecular complexity index is 989. The number of fused-ring (bicyclic) bond motifs is 2. The van der Waals surface area contributed by atoms with Crippen molar-refractivity contribution in [1.29, 1.82) is 0 Å². The highest BCUT2D eigenvalue weighted by molar-refractivity contribution is 7.18. The van der Waals surface area contributed by atoms with Crippen LogP contribution in [0.4, 0.5) is 0 Å². The number of aryl methyl sites for hydroxylation is 1. The highest BCUT2D eigenvalue weighted by Gasteiger charge is 2.20. The predicted octanol–water partition coefficient (Wildman–Crippen LogP) is 3.37. The SMILES string of the molecule is Cc1nc2cc(C3=CCN4C=C(N5CCCNCC5)C=CC4=N3)ccc2s1. The van der Waals surface area contributed by atoms with Crippen LogP contribution in [0.15, 0.2) is 53.3 Å². The normalized spacial score (nSPS) is 20.1. The highest BCUT2D eigenvalue weighted by Crippen LogP contribution is 2.28. The van der Waals surface area contributed by atoms with Gasteiger partial charge in [0.25, 0.3) is 0 Å². The van der Waals surface area contributed by atoms with E-state index in [4.69, 9.17) is 4.99 Å². The molecule has 27 heavy (non-hydrogen) atoms. The smallest absolute Gasteiger partial charge is 0.133 e. The van der Waals surface area contributed by atoms with Gasteiger partial charge in [-0.25, -0.2) is 9.98 Å². The second-order valence-corrected chi connectivity index (χ2v) is 8.34. The number of nitrogens with one attached hydrogen (secondary N) is 1. The maximum Gasteiger partial charge on any atom is 0.133 e. The molecule has 0 saturated carbocycles. The number of allylic oxidation sites excluding steroid dienone is 1. The number of nitrogens with zero attached hydrogens (tertiary/aromatic N) is 4. The molecule has 0 amide bonds. The van der Waals surface area contributed by atoms with E-state index in [0.29, 0.717) is 0 Å². The fourth-order valence-corrected chi connectivity index (χ4v) is 4.61. The van der Waals surface area contributed by atoms with E-state index in [1.807, 2.05) is 0 Å². The monoisotopic (exact) mass is 377 g/mol. The first-order chi connectivity index (χ1) is 13.3. The number of amidine groups is 1. The lowest BCUT2D eigenvalue weighted by atomic mass is 10.1. The molecule has 1 N–H and O–H groups in total. The van der Waals surface area contributed by atoms with E-state index < -0.39 is 0 Å². The Labute approximate surface area is 163 Å². The van der Waals surface area contributed by atoms with Gasteiger partial charge < -0.3 is 15.1 Å². The van der Waals surface area contributed by atoms with Gasteiger partial charge in [0.15, 0.2) is 0 Å². The molecule has 1 aromatic carbocycles. The van der Waals surface area contributed by atoms with Gasteiger partial charge in [0.05, 0.1) is 26.6 Å². The predicted molar refractivity (Wildman–Crippen MR) is 113 cm³/mol. The van der Waals surface area contributed by atoms with Crippen LogP contribution < -0.4 is 5.32 Å². The Balaban J connectivity index is 1.38. The van der Waals surface area contributed by atoms with E-state index in [2.05, 4.69) is 69.7 Å². The minimum Gasteiger partial charge on any atom is -0.369 e. The van der Waals surface area contributed by atoms with Crippen LogP contribution in [0.25, 0.3) is 15.9 Å². The number of aliphatic imine (C=N–C) groups is 1. The van der Waals surface area contributed by atoms with Crippen LogP contribution in [0.3, 0.4) is 0 Å². The molecule has 0 radical (unpaired) electrons. The quantitative estimate of drug-likeness (QED) is 0.872. The summed E-state index contributed by atoms with van der Waals surface area (Å²) < 4.78 is 1.24. The highest BCUT2D eigenvalue weighted by atomic mass is 32.1. The Morgan fingerprint density at radius 1 is 1.15 bits per heavy atom. The minimum atomic E-state index is 0.849. The molecule has 5 nitrogen and oxygen atoms in total. The molecular weight excluding hydrogens is 354 g/mol. The van der Waals surface area contributed by atoms with Crippen molar-refractivity contribution in [2.45, 2.75) is 13.3 Å². The molecule has 4 heterocycles. The second-order valence-electron chi connectivity index (χ2n) is 7.11. The van der Waals surface area contributed by atoms with E-state index in [1.54, 1.807) is 11.3 Å². The zero-order valence-electron chi connectivity index (χ0n) is 15.5. The van der Waals surface area contributed by atoms with Gasteiger partial charge in [-0.05, 0) is 50.3 Å². The first-order valence-electron chi connectivity index (χ1n) is 9.55. The average Bonchev–Trinajstić information content (AvgIpc) is 2.89. The lowest BCUT2D eigenvalue weighted by molar-refractivity contribution is 0.369. The van der Waals surface area contributed by atoms with Gasteiger partial charge in [0.1, 0.15) is 5.84 Å². The third kappa shape index (κ3) is 3.31. The van der Waals surface area contributed by atoms with Crippen molar-refractivity contribution in [1.82, 2.24) is 20.1 Å². The van der Waals surface area contributed by atoms with Gasteiger partial charge in [0, 0.05) is 37.9 Å². The summed E-state index contributed by atoms with van der Waals surface area (Å²) in [6.45, 7) is 7.23. The Morgan fingerprint density at radius 3 is 3.07 bits per heavy atom. The van der Waals surface area contributed by atoms with Crippen molar-refractivity contribution in [2.24, 2.45) is 4.99 Å². The topological polar surface area (TPSA) is 43.8 Å². The van der Waals surface area contributed by atoms with Gasteiger partial charge in [0.2, 0.25) is 0 Å². The maximum atomic E-state index is 4.90. The lowest BCUT2D eigenvalue weighted by Crippen LogP contribution is -2.34. The molecular formula is C21H23N5S. The molecule has 6 heteroatoms. The van der Waals surface area contributed by atoms with Gasteiger partial charge in [-0.3, -0.25) is 0 Å². The van der Waals surface area contributed by atoms with Gasteiger partial charge in [-0.15, -0.1) is 11.3 Å². The van der Waals surface area contributed by atoms with E-state index in [-0.39, 0.29) is 0 Å². The standard InChI is InChI=1S/C21H23N5S/c1-15-23-19-13-16(3-5-20(19)27-15)18-7-11-26-14-17(4-6-21(26)24-18)25-10-2-8-22-9-12-25/h3-7,13-14,22H,2,8-12H2,1H3. The molecule has 0 bridgehead atoms. The van der Waals surface area contributed by atoms with Crippen molar-refractivity contribution in [3.8, 4) is 0 Å². The summed E-state index contributed by atoms with van der Waals surface area (Å²) in [5, 5.41) is 4.57. The van der Waals surface area contributed by atoms with Crippen LogP contribution >= 0.6 is 11.3 Å². The summed E-state index contributed by atoms with van der Waals surface area (Å²) in [7, 11) is 0. The molecule has 0 unspecified atom stereocenters. The second kappa shape index (κ2) is 6.94. The first kappa shape index (κ1) is 16.7. The van der Waals surface area contributed by atoms with Gasteiger partial charge >= 0.3 is 0 Å². The van der Waals surface area contributed by atoms with Crippen molar-refractivity contribution >= 4 is 33.1 Å². The number of rotatable bonds is 2. The van der Waals surface area contributed by atoms with Crippen molar-refractivity contribution in [3.63, 3.8) is 0 Å². The molecule has 0 aliphatic carbocycles. The summed E-state index contributed by atoms with van der Waals surface area (Å²) in [4.78, 5) is 14.2. The fraction of sp³-hybridized carbons (Fsp3) is 0.333. The van der Waals surface area contributed by atoms with Crippen LogP contribution in [0.5, 0.6) is 0 Å².